The Bertz CT molecular complexity index is 535. The van der Waals surface area contributed by atoms with Crippen molar-refractivity contribution < 1.29 is 14.3 Å². The highest BCUT2D eigenvalue weighted by Gasteiger charge is 2.12. The van der Waals surface area contributed by atoms with Gasteiger partial charge in [0.15, 0.2) is 0 Å². The zero-order chi connectivity index (χ0) is 14.4. The average molecular weight is 273 g/mol. The number of allylic oxidation sites excluding steroid dienone is 2. The number of rotatable bonds is 4. The normalized spacial score (nSPS) is 17.0. The molecule has 1 N–H and O–H groups in total. The Labute approximate surface area is 119 Å². The number of para-hydroxylation sites is 1. The third-order valence-electron chi connectivity index (χ3n) is 3.17. The van der Waals surface area contributed by atoms with Crippen molar-refractivity contribution in [1.29, 1.82) is 0 Å². The highest BCUT2D eigenvalue weighted by atomic mass is 16.5. The molecule has 0 radical (unpaired) electrons. The molecule has 1 aliphatic rings. The molecule has 0 saturated carbocycles. The van der Waals surface area contributed by atoms with Crippen LogP contribution >= 0.6 is 0 Å². The lowest BCUT2D eigenvalue weighted by Gasteiger charge is -2.17. The summed E-state index contributed by atoms with van der Waals surface area (Å²) < 4.78 is 10.5. The molecule has 0 aromatic heterocycles. The molecule has 106 valence electrons. The molecule has 20 heavy (non-hydrogen) atoms. The number of ether oxygens (including phenoxy) is 2. The van der Waals surface area contributed by atoms with Crippen LogP contribution in [0.3, 0.4) is 0 Å². The summed E-state index contributed by atoms with van der Waals surface area (Å²) in [4.78, 5) is 11.4. The van der Waals surface area contributed by atoms with Crippen molar-refractivity contribution in [2.75, 3.05) is 12.4 Å². The van der Waals surface area contributed by atoms with Gasteiger partial charge in [0.2, 0.25) is 0 Å². The molecule has 0 fully saturated rings. The highest BCUT2D eigenvalue weighted by Crippen LogP contribution is 2.23. The van der Waals surface area contributed by atoms with Crippen LogP contribution in [0.15, 0.2) is 42.5 Å². The topological polar surface area (TPSA) is 47.6 Å². The summed E-state index contributed by atoms with van der Waals surface area (Å²) in [6.45, 7) is 2.39. The van der Waals surface area contributed by atoms with E-state index in [0.717, 1.165) is 23.2 Å². The van der Waals surface area contributed by atoms with Crippen LogP contribution in [0.1, 0.15) is 17.5 Å². The highest BCUT2D eigenvalue weighted by molar-refractivity contribution is 5.86. The minimum atomic E-state index is -0.471. The Balaban J connectivity index is 2.06. The Morgan fingerprint density at radius 2 is 2.25 bits per heavy atom. The first-order chi connectivity index (χ1) is 9.70. The van der Waals surface area contributed by atoms with Gasteiger partial charge in [0, 0.05) is 5.56 Å². The van der Waals surface area contributed by atoms with E-state index in [9.17, 15) is 4.79 Å². The van der Waals surface area contributed by atoms with Gasteiger partial charge in [-0.25, -0.2) is 4.79 Å². The number of carbonyl (C=O) groups is 1. The molecule has 1 aromatic rings. The number of hydrogen-bond acceptors (Lipinski definition) is 3. The number of methoxy groups -OCH3 is 1. The third kappa shape index (κ3) is 3.71. The minimum Gasteiger partial charge on any atom is -0.453 e. The van der Waals surface area contributed by atoms with E-state index in [1.54, 1.807) is 0 Å². The molecular formula is C16H19NO3. The molecule has 1 aromatic carbocycles. The van der Waals surface area contributed by atoms with E-state index in [1.807, 2.05) is 43.4 Å². The zero-order valence-corrected chi connectivity index (χ0v) is 11.8. The molecule has 0 heterocycles. The van der Waals surface area contributed by atoms with Gasteiger partial charge in [0.05, 0.1) is 25.5 Å². The van der Waals surface area contributed by atoms with Gasteiger partial charge in [-0.3, -0.25) is 5.32 Å². The van der Waals surface area contributed by atoms with Crippen molar-refractivity contribution in [2.24, 2.45) is 0 Å². The summed E-state index contributed by atoms with van der Waals surface area (Å²) in [5.41, 5.74) is 2.68. The van der Waals surface area contributed by atoms with Crippen molar-refractivity contribution in [3.05, 3.63) is 53.6 Å². The molecule has 4 heteroatoms. The van der Waals surface area contributed by atoms with Crippen LogP contribution in [0.25, 0.3) is 0 Å². The van der Waals surface area contributed by atoms with Gasteiger partial charge >= 0.3 is 6.09 Å². The number of aryl methyl sites for hydroxylation is 1. The fraction of sp³-hybridized carbons (Fsp3) is 0.312. The largest absolute Gasteiger partial charge is 0.453 e. The number of nitrogens with one attached hydrogen (secondary N) is 1. The molecule has 2 rings (SSSR count). The SMILES string of the molecule is COC(=O)Nc1c(C)cccc1COC1C=CC=CC1. The molecule has 0 aliphatic heterocycles. The summed E-state index contributed by atoms with van der Waals surface area (Å²) >= 11 is 0. The van der Waals surface area contributed by atoms with Crippen LogP contribution in [0.5, 0.6) is 0 Å². The third-order valence-corrected chi connectivity index (χ3v) is 3.17. The number of hydrogen-bond donors (Lipinski definition) is 1. The number of carbonyl (C=O) groups excluding carboxylic acids is 1. The summed E-state index contributed by atoms with van der Waals surface area (Å²) in [5.74, 6) is 0. The van der Waals surface area contributed by atoms with Crippen molar-refractivity contribution in [1.82, 2.24) is 0 Å². The fourth-order valence-electron chi connectivity index (χ4n) is 2.06. The van der Waals surface area contributed by atoms with E-state index in [-0.39, 0.29) is 6.10 Å². The van der Waals surface area contributed by atoms with Crippen LogP contribution in [0.2, 0.25) is 0 Å². The summed E-state index contributed by atoms with van der Waals surface area (Å²) in [5, 5.41) is 2.74. The monoisotopic (exact) mass is 273 g/mol. The smallest absolute Gasteiger partial charge is 0.411 e. The lowest BCUT2D eigenvalue weighted by molar-refractivity contribution is 0.0736. The Morgan fingerprint density at radius 3 is 2.95 bits per heavy atom. The molecular weight excluding hydrogens is 254 g/mol. The molecule has 0 spiro atoms. The predicted octanol–water partition coefficient (Wildman–Crippen LogP) is 3.57. The Hall–Kier alpha value is -2.07. The number of anilines is 1. The van der Waals surface area contributed by atoms with Crippen LogP contribution in [-0.4, -0.2) is 19.3 Å². The second-order valence-electron chi connectivity index (χ2n) is 4.62. The van der Waals surface area contributed by atoms with E-state index >= 15 is 0 Å². The lowest BCUT2D eigenvalue weighted by atomic mass is 10.1. The van der Waals surface area contributed by atoms with Crippen LogP contribution in [0.4, 0.5) is 10.5 Å². The maximum absolute atomic E-state index is 11.4. The first kappa shape index (κ1) is 14.3. The van der Waals surface area contributed by atoms with Crippen LogP contribution in [0, 0.1) is 6.92 Å². The number of amides is 1. The fourth-order valence-corrected chi connectivity index (χ4v) is 2.06. The van der Waals surface area contributed by atoms with E-state index in [1.165, 1.54) is 7.11 Å². The lowest BCUT2D eigenvalue weighted by Crippen LogP contribution is -2.15. The predicted molar refractivity (Wildman–Crippen MR) is 78.7 cm³/mol. The zero-order valence-electron chi connectivity index (χ0n) is 11.8. The maximum atomic E-state index is 11.4. The summed E-state index contributed by atoms with van der Waals surface area (Å²) in [7, 11) is 1.35. The molecule has 1 amide bonds. The number of benzene rings is 1. The first-order valence-corrected chi connectivity index (χ1v) is 6.59. The van der Waals surface area contributed by atoms with Gasteiger partial charge in [0.1, 0.15) is 0 Å². The average Bonchev–Trinajstić information content (AvgIpc) is 2.48. The van der Waals surface area contributed by atoms with Crippen LogP contribution in [-0.2, 0) is 16.1 Å². The Morgan fingerprint density at radius 1 is 1.40 bits per heavy atom. The van der Waals surface area contributed by atoms with Gasteiger partial charge in [-0.2, -0.15) is 0 Å². The van der Waals surface area contributed by atoms with E-state index in [0.29, 0.717) is 6.61 Å². The van der Waals surface area contributed by atoms with E-state index in [2.05, 4.69) is 16.1 Å². The van der Waals surface area contributed by atoms with Crippen molar-refractivity contribution in [3.8, 4) is 0 Å². The van der Waals surface area contributed by atoms with Gasteiger partial charge in [0.25, 0.3) is 0 Å². The van der Waals surface area contributed by atoms with E-state index < -0.39 is 6.09 Å². The molecule has 4 nitrogen and oxygen atoms in total. The van der Waals surface area contributed by atoms with Crippen molar-refractivity contribution >= 4 is 11.8 Å². The summed E-state index contributed by atoms with van der Waals surface area (Å²) in [6.07, 6.45) is 8.60. The first-order valence-electron chi connectivity index (χ1n) is 6.59. The van der Waals surface area contributed by atoms with Gasteiger partial charge in [-0.15, -0.1) is 0 Å². The molecule has 1 atom stereocenters. The Kier molecular flexibility index (Phi) is 4.96. The minimum absolute atomic E-state index is 0.0893. The van der Waals surface area contributed by atoms with Crippen molar-refractivity contribution in [2.45, 2.75) is 26.1 Å². The van der Waals surface area contributed by atoms with Gasteiger partial charge < -0.3 is 9.47 Å². The second-order valence-corrected chi connectivity index (χ2v) is 4.62. The molecule has 0 saturated heterocycles. The van der Waals surface area contributed by atoms with Crippen molar-refractivity contribution in [3.63, 3.8) is 0 Å². The molecule has 1 unspecified atom stereocenters. The van der Waals surface area contributed by atoms with Gasteiger partial charge in [-0.05, 0) is 18.9 Å². The quantitative estimate of drug-likeness (QED) is 0.912. The second kappa shape index (κ2) is 6.91. The standard InChI is InChI=1S/C16H19NO3/c1-12-7-6-8-13(15(12)17-16(18)19-2)11-20-14-9-4-3-5-10-14/h3-9,14H,10-11H2,1-2H3,(H,17,18). The van der Waals surface area contributed by atoms with Crippen LogP contribution < -0.4 is 5.32 Å². The van der Waals surface area contributed by atoms with Gasteiger partial charge in [-0.1, -0.05) is 42.5 Å². The molecule has 0 bridgehead atoms. The molecule has 1 aliphatic carbocycles. The maximum Gasteiger partial charge on any atom is 0.411 e. The van der Waals surface area contributed by atoms with E-state index in [4.69, 9.17) is 4.74 Å². The summed E-state index contributed by atoms with van der Waals surface area (Å²) in [6, 6.07) is 5.84.